The number of aliphatic carboxylic acids is 1. The van der Waals surface area contributed by atoms with Gasteiger partial charge in [-0.15, -0.1) is 0 Å². The molecule has 0 spiro atoms. The highest BCUT2D eigenvalue weighted by Crippen LogP contribution is 2.30. The number of hydrogen-bond acceptors (Lipinski definition) is 4. The number of nitrogens with zero attached hydrogens (tertiary/aromatic N) is 1. The largest absolute Gasteiger partial charge is 0.481 e. The first-order chi connectivity index (χ1) is 11.1. The molecule has 1 aliphatic carbocycles. The third-order valence-electron chi connectivity index (χ3n) is 3.92. The fraction of sp³-hybridized carbons (Fsp3) is 0.500. The van der Waals surface area contributed by atoms with Crippen molar-refractivity contribution in [3.8, 4) is 0 Å². The topological polar surface area (TPSA) is 104 Å². The van der Waals surface area contributed by atoms with Gasteiger partial charge in [-0.3, -0.25) is 14.3 Å². The van der Waals surface area contributed by atoms with Crippen molar-refractivity contribution >= 4 is 27.6 Å². The second kappa shape index (κ2) is 6.80. The normalized spacial score (nSPS) is 15.6. The van der Waals surface area contributed by atoms with Crippen LogP contribution in [0, 0.1) is 12.8 Å². The van der Waals surface area contributed by atoms with E-state index in [4.69, 9.17) is 5.11 Å². The number of carboxylic acid groups (broad SMARTS) is 1. The van der Waals surface area contributed by atoms with E-state index in [1.165, 1.54) is 6.07 Å². The molecule has 1 atom stereocenters. The summed E-state index contributed by atoms with van der Waals surface area (Å²) < 4.78 is 25.3. The average molecular weight is 354 g/mol. The fourth-order valence-electron chi connectivity index (χ4n) is 2.39. The minimum atomic E-state index is -3.45. The number of hydrogen-bond donors (Lipinski definition) is 2. The van der Waals surface area contributed by atoms with E-state index in [-0.39, 0.29) is 18.5 Å². The van der Waals surface area contributed by atoms with Crippen molar-refractivity contribution in [1.82, 2.24) is 4.90 Å². The number of anilines is 1. The number of carbonyl (C=O) groups excluding carboxylic acids is 1. The van der Waals surface area contributed by atoms with Gasteiger partial charge in [-0.1, -0.05) is 13.0 Å². The molecule has 1 unspecified atom stereocenters. The highest BCUT2D eigenvalue weighted by atomic mass is 32.2. The molecule has 0 aliphatic heterocycles. The third kappa shape index (κ3) is 4.70. The standard InChI is InChI=1S/C16H22N2O5S/c1-10-4-5-12(8-14(10)17-24(3,22)23)15(19)18(13-6-7-13)9-11(2)16(20)21/h4-5,8,11,13,17H,6-7,9H2,1-3H3,(H,20,21). The Hall–Kier alpha value is -2.09. The van der Waals surface area contributed by atoms with E-state index in [0.717, 1.165) is 19.1 Å². The van der Waals surface area contributed by atoms with Crippen molar-refractivity contribution in [2.75, 3.05) is 17.5 Å². The molecule has 0 radical (unpaired) electrons. The van der Waals surface area contributed by atoms with Crippen LogP contribution in [0.2, 0.25) is 0 Å². The van der Waals surface area contributed by atoms with Crippen molar-refractivity contribution in [3.05, 3.63) is 29.3 Å². The maximum absolute atomic E-state index is 12.8. The van der Waals surface area contributed by atoms with Crippen LogP contribution in [0.15, 0.2) is 18.2 Å². The number of rotatable bonds is 7. The Morgan fingerprint density at radius 3 is 2.50 bits per heavy atom. The molecule has 1 amide bonds. The predicted octanol–water partition coefficient (Wildman–Crippen LogP) is 1.69. The Bertz CT molecular complexity index is 756. The van der Waals surface area contributed by atoms with Crippen LogP contribution in [-0.4, -0.2) is 49.1 Å². The van der Waals surface area contributed by atoms with Gasteiger partial charge in [-0.25, -0.2) is 8.42 Å². The summed E-state index contributed by atoms with van der Waals surface area (Å²) in [5.41, 5.74) is 1.40. The molecule has 0 bridgehead atoms. The zero-order valence-electron chi connectivity index (χ0n) is 13.9. The first-order valence-electron chi connectivity index (χ1n) is 7.70. The minimum absolute atomic E-state index is 0.0620. The van der Waals surface area contributed by atoms with Gasteiger partial charge < -0.3 is 10.0 Å². The number of aryl methyl sites for hydroxylation is 1. The second-order valence-electron chi connectivity index (χ2n) is 6.33. The van der Waals surface area contributed by atoms with Gasteiger partial charge in [-0.2, -0.15) is 0 Å². The van der Waals surface area contributed by atoms with Gasteiger partial charge in [-0.05, 0) is 37.5 Å². The molecule has 7 nitrogen and oxygen atoms in total. The summed E-state index contributed by atoms with van der Waals surface area (Å²) in [6, 6.07) is 4.87. The van der Waals surface area contributed by atoms with Crippen molar-refractivity contribution in [2.45, 2.75) is 32.7 Å². The summed E-state index contributed by atoms with van der Waals surface area (Å²) in [4.78, 5) is 25.4. The van der Waals surface area contributed by atoms with Gasteiger partial charge in [0.05, 0.1) is 17.9 Å². The van der Waals surface area contributed by atoms with E-state index < -0.39 is 21.9 Å². The molecule has 2 rings (SSSR count). The Kier molecular flexibility index (Phi) is 5.17. The zero-order valence-corrected chi connectivity index (χ0v) is 14.8. The van der Waals surface area contributed by atoms with E-state index in [1.54, 1.807) is 30.9 Å². The smallest absolute Gasteiger partial charge is 0.308 e. The van der Waals surface area contributed by atoms with Crippen molar-refractivity contribution in [1.29, 1.82) is 0 Å². The molecule has 0 saturated heterocycles. The molecule has 1 fully saturated rings. The molecule has 1 saturated carbocycles. The van der Waals surface area contributed by atoms with Gasteiger partial charge in [0, 0.05) is 18.2 Å². The fourth-order valence-corrected chi connectivity index (χ4v) is 3.01. The average Bonchev–Trinajstić information content (AvgIpc) is 3.29. The van der Waals surface area contributed by atoms with E-state index in [2.05, 4.69) is 4.72 Å². The monoisotopic (exact) mass is 354 g/mol. The molecule has 24 heavy (non-hydrogen) atoms. The molecule has 1 aromatic carbocycles. The number of benzene rings is 1. The SMILES string of the molecule is Cc1ccc(C(=O)N(CC(C)C(=O)O)C2CC2)cc1NS(C)(=O)=O. The first kappa shape index (κ1) is 18.3. The summed E-state index contributed by atoms with van der Waals surface area (Å²) in [5.74, 6) is -1.88. The quantitative estimate of drug-likeness (QED) is 0.775. The molecular formula is C16H22N2O5S. The first-order valence-corrected chi connectivity index (χ1v) is 9.60. The summed E-state index contributed by atoms with van der Waals surface area (Å²) in [6.45, 7) is 3.45. The molecule has 0 aromatic heterocycles. The Morgan fingerprint density at radius 2 is 2.00 bits per heavy atom. The van der Waals surface area contributed by atoms with Crippen molar-refractivity contribution < 1.29 is 23.1 Å². The van der Waals surface area contributed by atoms with Crippen LogP contribution in [0.5, 0.6) is 0 Å². The summed E-state index contributed by atoms with van der Waals surface area (Å²) in [6.07, 6.45) is 2.77. The van der Waals surface area contributed by atoms with E-state index >= 15 is 0 Å². The van der Waals surface area contributed by atoms with Crippen molar-refractivity contribution in [2.24, 2.45) is 5.92 Å². The summed E-state index contributed by atoms with van der Waals surface area (Å²) in [7, 11) is -3.45. The summed E-state index contributed by atoms with van der Waals surface area (Å²) >= 11 is 0. The maximum Gasteiger partial charge on any atom is 0.308 e. The molecule has 2 N–H and O–H groups in total. The van der Waals surface area contributed by atoms with Gasteiger partial charge in [0.25, 0.3) is 5.91 Å². The number of carbonyl (C=O) groups is 2. The third-order valence-corrected chi connectivity index (χ3v) is 4.51. The van der Waals surface area contributed by atoms with Crippen LogP contribution in [0.1, 0.15) is 35.7 Å². The summed E-state index contributed by atoms with van der Waals surface area (Å²) in [5, 5.41) is 9.08. The lowest BCUT2D eigenvalue weighted by Crippen LogP contribution is -2.38. The zero-order chi connectivity index (χ0) is 18.1. The number of nitrogens with one attached hydrogen (secondary N) is 1. The van der Waals surface area contributed by atoms with E-state index in [9.17, 15) is 18.0 Å². The second-order valence-corrected chi connectivity index (χ2v) is 8.08. The lowest BCUT2D eigenvalue weighted by molar-refractivity contribution is -0.141. The number of amides is 1. The maximum atomic E-state index is 12.8. The Balaban J connectivity index is 2.26. The number of sulfonamides is 1. The van der Waals surface area contributed by atoms with Crippen LogP contribution in [0.3, 0.4) is 0 Å². The van der Waals surface area contributed by atoms with E-state index in [1.807, 2.05) is 0 Å². The lowest BCUT2D eigenvalue weighted by Gasteiger charge is -2.25. The highest BCUT2D eigenvalue weighted by molar-refractivity contribution is 7.92. The highest BCUT2D eigenvalue weighted by Gasteiger charge is 2.35. The van der Waals surface area contributed by atoms with Crippen LogP contribution in [0.4, 0.5) is 5.69 Å². The van der Waals surface area contributed by atoms with Gasteiger partial charge in [0.15, 0.2) is 0 Å². The Labute approximate surface area is 141 Å². The van der Waals surface area contributed by atoms with Crippen LogP contribution in [0.25, 0.3) is 0 Å². The molecule has 1 aliphatic rings. The molecular weight excluding hydrogens is 332 g/mol. The lowest BCUT2D eigenvalue weighted by atomic mass is 10.1. The van der Waals surface area contributed by atoms with Crippen LogP contribution >= 0.6 is 0 Å². The van der Waals surface area contributed by atoms with Gasteiger partial charge in [0.1, 0.15) is 0 Å². The number of carboxylic acids is 1. The Morgan fingerprint density at radius 1 is 1.38 bits per heavy atom. The molecule has 8 heteroatoms. The van der Waals surface area contributed by atoms with Crippen molar-refractivity contribution in [3.63, 3.8) is 0 Å². The van der Waals surface area contributed by atoms with Crippen LogP contribution in [-0.2, 0) is 14.8 Å². The predicted molar refractivity (Wildman–Crippen MR) is 90.5 cm³/mol. The molecule has 1 aromatic rings. The van der Waals surface area contributed by atoms with E-state index in [0.29, 0.717) is 16.8 Å². The van der Waals surface area contributed by atoms with Gasteiger partial charge in [0.2, 0.25) is 10.0 Å². The molecule has 132 valence electrons. The minimum Gasteiger partial charge on any atom is -0.481 e. The van der Waals surface area contributed by atoms with Crippen LogP contribution < -0.4 is 4.72 Å². The van der Waals surface area contributed by atoms with Gasteiger partial charge >= 0.3 is 5.97 Å². The molecule has 0 heterocycles.